The van der Waals surface area contributed by atoms with Crippen molar-refractivity contribution in [3.63, 3.8) is 0 Å². The molecule has 1 unspecified atom stereocenters. The van der Waals surface area contributed by atoms with Crippen LogP contribution in [0.1, 0.15) is 38.4 Å². The van der Waals surface area contributed by atoms with E-state index in [4.69, 9.17) is 4.74 Å². The molecule has 5 heteroatoms. The quantitative estimate of drug-likeness (QED) is 0.783. The van der Waals surface area contributed by atoms with E-state index in [1.807, 2.05) is 20.8 Å². The zero-order valence-corrected chi connectivity index (χ0v) is 10.9. The summed E-state index contributed by atoms with van der Waals surface area (Å²) in [4.78, 5) is 18.7. The molecule has 5 nitrogen and oxygen atoms in total. The minimum Gasteiger partial charge on any atom is -0.373 e. The number of ether oxygens (including phenoxy) is 1. The lowest BCUT2D eigenvalue weighted by molar-refractivity contribution is 0.0570. The maximum atomic E-state index is 11.5. The van der Waals surface area contributed by atoms with E-state index in [1.165, 1.54) is 6.07 Å². The number of nitrogens with zero attached hydrogens (tertiary/aromatic N) is 1. The second kappa shape index (κ2) is 6.51. The molecule has 0 aromatic carbocycles. The predicted molar refractivity (Wildman–Crippen MR) is 66.8 cm³/mol. The Hall–Kier alpha value is -1.20. The van der Waals surface area contributed by atoms with Crippen LogP contribution in [0.4, 0.5) is 0 Å². The monoisotopic (exact) mass is 239 g/mol. The Labute approximate surface area is 102 Å². The highest BCUT2D eigenvalue weighted by molar-refractivity contribution is 5.05. The first-order chi connectivity index (χ1) is 8.08. The Morgan fingerprint density at radius 1 is 1.53 bits per heavy atom. The van der Waals surface area contributed by atoms with Gasteiger partial charge in [0, 0.05) is 19.7 Å². The number of rotatable bonds is 6. The normalized spacial score (nSPS) is 13.0. The van der Waals surface area contributed by atoms with Crippen molar-refractivity contribution in [1.82, 2.24) is 15.3 Å². The summed E-state index contributed by atoms with van der Waals surface area (Å²) in [5, 5.41) is 3.15. The molecular formula is C12H21N3O2. The van der Waals surface area contributed by atoms with Crippen LogP contribution in [0.2, 0.25) is 0 Å². The fraction of sp³-hybridized carbons (Fsp3) is 0.667. The summed E-state index contributed by atoms with van der Waals surface area (Å²) < 4.78 is 5.36. The van der Waals surface area contributed by atoms with Crippen LogP contribution in [0.3, 0.4) is 0 Å². The number of aromatic amines is 1. The smallest absolute Gasteiger partial charge is 0.251 e. The lowest BCUT2D eigenvalue weighted by Gasteiger charge is -2.18. The SMILES string of the molecule is CCNCc1cc(=O)[nH]c(C(OC)C(C)C)n1. The molecule has 17 heavy (non-hydrogen) atoms. The van der Waals surface area contributed by atoms with Gasteiger partial charge in [0.05, 0.1) is 5.69 Å². The Balaban J connectivity index is 2.99. The standard InChI is InChI=1S/C12H21N3O2/c1-5-13-7-9-6-10(16)15-12(14-9)11(17-4)8(2)3/h6,8,11,13H,5,7H2,1-4H3,(H,14,15,16). The van der Waals surface area contributed by atoms with Gasteiger partial charge in [-0.15, -0.1) is 0 Å². The summed E-state index contributed by atoms with van der Waals surface area (Å²) in [5.41, 5.74) is 0.610. The summed E-state index contributed by atoms with van der Waals surface area (Å²) in [6, 6.07) is 1.51. The maximum Gasteiger partial charge on any atom is 0.251 e. The lowest BCUT2D eigenvalue weighted by Crippen LogP contribution is -2.22. The average molecular weight is 239 g/mol. The first kappa shape index (κ1) is 13.9. The van der Waals surface area contributed by atoms with Gasteiger partial charge >= 0.3 is 0 Å². The van der Waals surface area contributed by atoms with E-state index < -0.39 is 0 Å². The van der Waals surface area contributed by atoms with Crippen LogP contribution in [0.25, 0.3) is 0 Å². The topological polar surface area (TPSA) is 67.0 Å². The number of H-pyrrole nitrogens is 1. The molecule has 1 rings (SSSR count). The molecule has 0 saturated heterocycles. The third-order valence-corrected chi connectivity index (χ3v) is 2.50. The molecule has 96 valence electrons. The zero-order chi connectivity index (χ0) is 12.8. The molecule has 0 aliphatic rings. The molecule has 1 aromatic heterocycles. The van der Waals surface area contributed by atoms with Crippen molar-refractivity contribution in [2.75, 3.05) is 13.7 Å². The summed E-state index contributed by atoms with van der Waals surface area (Å²) in [5.74, 6) is 0.862. The van der Waals surface area contributed by atoms with Crippen molar-refractivity contribution < 1.29 is 4.74 Å². The van der Waals surface area contributed by atoms with E-state index in [-0.39, 0.29) is 17.6 Å². The maximum absolute atomic E-state index is 11.5. The van der Waals surface area contributed by atoms with Crippen molar-refractivity contribution in [1.29, 1.82) is 0 Å². The second-order valence-corrected chi connectivity index (χ2v) is 4.30. The summed E-state index contributed by atoms with van der Waals surface area (Å²) in [6.07, 6.45) is -0.177. The van der Waals surface area contributed by atoms with Crippen LogP contribution >= 0.6 is 0 Å². The third kappa shape index (κ3) is 3.94. The Morgan fingerprint density at radius 3 is 2.76 bits per heavy atom. The largest absolute Gasteiger partial charge is 0.373 e. The highest BCUT2D eigenvalue weighted by Crippen LogP contribution is 2.20. The Bertz CT molecular complexity index is 401. The summed E-state index contributed by atoms with van der Waals surface area (Å²) in [6.45, 7) is 7.53. The van der Waals surface area contributed by atoms with Gasteiger partial charge in [0.1, 0.15) is 11.9 Å². The minimum atomic E-state index is -0.177. The van der Waals surface area contributed by atoms with Crippen molar-refractivity contribution >= 4 is 0 Å². The first-order valence-electron chi connectivity index (χ1n) is 5.92. The van der Waals surface area contributed by atoms with E-state index in [2.05, 4.69) is 15.3 Å². The average Bonchev–Trinajstić information content (AvgIpc) is 2.26. The molecule has 0 fully saturated rings. The number of hydrogen-bond acceptors (Lipinski definition) is 4. The van der Waals surface area contributed by atoms with E-state index in [0.717, 1.165) is 12.2 Å². The molecule has 1 aromatic rings. The second-order valence-electron chi connectivity index (χ2n) is 4.30. The van der Waals surface area contributed by atoms with Crippen LogP contribution in [-0.4, -0.2) is 23.6 Å². The third-order valence-electron chi connectivity index (χ3n) is 2.50. The van der Waals surface area contributed by atoms with Gasteiger partial charge in [-0.05, 0) is 12.5 Å². The Kier molecular flexibility index (Phi) is 5.31. The molecule has 0 spiro atoms. The molecular weight excluding hydrogens is 218 g/mol. The predicted octanol–water partition coefficient (Wildman–Crippen LogP) is 1.22. The molecule has 0 amide bonds. The highest BCUT2D eigenvalue weighted by Gasteiger charge is 2.18. The van der Waals surface area contributed by atoms with Gasteiger partial charge in [-0.1, -0.05) is 20.8 Å². The van der Waals surface area contributed by atoms with E-state index in [0.29, 0.717) is 12.4 Å². The van der Waals surface area contributed by atoms with Gasteiger partial charge in [-0.25, -0.2) is 4.98 Å². The molecule has 0 bridgehead atoms. The van der Waals surface area contributed by atoms with Gasteiger partial charge in [0.2, 0.25) is 0 Å². The number of aromatic nitrogens is 2. The van der Waals surface area contributed by atoms with E-state index in [9.17, 15) is 4.79 Å². The van der Waals surface area contributed by atoms with E-state index >= 15 is 0 Å². The van der Waals surface area contributed by atoms with Gasteiger partial charge in [-0.3, -0.25) is 4.79 Å². The molecule has 0 aliphatic carbocycles. The van der Waals surface area contributed by atoms with E-state index in [1.54, 1.807) is 7.11 Å². The van der Waals surface area contributed by atoms with Crippen LogP contribution in [-0.2, 0) is 11.3 Å². The van der Waals surface area contributed by atoms with Crippen molar-refractivity contribution in [2.24, 2.45) is 5.92 Å². The summed E-state index contributed by atoms with van der Waals surface area (Å²) >= 11 is 0. The highest BCUT2D eigenvalue weighted by atomic mass is 16.5. The number of nitrogens with one attached hydrogen (secondary N) is 2. The van der Waals surface area contributed by atoms with Gasteiger partial charge in [-0.2, -0.15) is 0 Å². The fourth-order valence-electron chi connectivity index (χ4n) is 1.71. The summed E-state index contributed by atoms with van der Waals surface area (Å²) in [7, 11) is 1.63. The van der Waals surface area contributed by atoms with Gasteiger partial charge in [0.15, 0.2) is 0 Å². The lowest BCUT2D eigenvalue weighted by atomic mass is 10.1. The molecule has 0 aliphatic heterocycles. The van der Waals surface area contributed by atoms with Crippen molar-refractivity contribution in [3.8, 4) is 0 Å². The number of hydrogen-bond donors (Lipinski definition) is 2. The molecule has 1 heterocycles. The van der Waals surface area contributed by atoms with Gasteiger partial charge in [0.25, 0.3) is 5.56 Å². The van der Waals surface area contributed by atoms with Crippen LogP contribution in [0.5, 0.6) is 0 Å². The van der Waals surface area contributed by atoms with Crippen LogP contribution in [0.15, 0.2) is 10.9 Å². The zero-order valence-electron chi connectivity index (χ0n) is 10.9. The van der Waals surface area contributed by atoms with Crippen LogP contribution < -0.4 is 10.9 Å². The minimum absolute atomic E-state index is 0.134. The molecule has 1 atom stereocenters. The molecule has 2 N–H and O–H groups in total. The van der Waals surface area contributed by atoms with Crippen molar-refractivity contribution in [3.05, 3.63) is 27.9 Å². The molecule has 0 saturated carbocycles. The molecule has 0 radical (unpaired) electrons. The Morgan fingerprint density at radius 2 is 2.24 bits per heavy atom. The van der Waals surface area contributed by atoms with Gasteiger partial charge < -0.3 is 15.0 Å². The fourth-order valence-corrected chi connectivity index (χ4v) is 1.71. The van der Waals surface area contributed by atoms with Crippen LogP contribution in [0, 0.1) is 5.92 Å². The number of methoxy groups -OCH3 is 1. The first-order valence-corrected chi connectivity index (χ1v) is 5.92. The van der Waals surface area contributed by atoms with Crippen molar-refractivity contribution in [2.45, 2.75) is 33.4 Å².